The zero-order valence-electron chi connectivity index (χ0n) is 22.4. The van der Waals surface area contributed by atoms with Crippen LogP contribution in [-0.4, -0.2) is 47.1 Å². The van der Waals surface area contributed by atoms with Crippen molar-refractivity contribution in [3.05, 3.63) is 98.5 Å². The van der Waals surface area contributed by atoms with Gasteiger partial charge >= 0.3 is 11.9 Å². The SMILES string of the molecule is CC1=C(C(=O)OC(C)C)C(c2cccc([N+](=O)[O-])c2)C(C(=O)OC2CCCN(Cc3ccccc3)C2)=C(N)N1. The molecular weight excluding hydrogens is 500 g/mol. The number of nitro groups is 1. The van der Waals surface area contributed by atoms with Gasteiger partial charge in [0.15, 0.2) is 0 Å². The van der Waals surface area contributed by atoms with Crippen LogP contribution in [0.25, 0.3) is 0 Å². The quantitative estimate of drug-likeness (QED) is 0.294. The first-order valence-electron chi connectivity index (χ1n) is 13.0. The lowest BCUT2D eigenvalue weighted by Gasteiger charge is -2.34. The second-order valence-electron chi connectivity index (χ2n) is 10.1. The summed E-state index contributed by atoms with van der Waals surface area (Å²) in [6.07, 6.45) is 0.756. The Balaban J connectivity index is 1.63. The number of piperidine rings is 1. The molecule has 2 atom stereocenters. The van der Waals surface area contributed by atoms with Gasteiger partial charge in [0.1, 0.15) is 11.9 Å². The number of ether oxygens (including phenoxy) is 2. The highest BCUT2D eigenvalue weighted by Crippen LogP contribution is 2.40. The third kappa shape index (κ3) is 6.64. The number of hydrogen-bond donors (Lipinski definition) is 2. The molecule has 0 aromatic heterocycles. The predicted octanol–water partition coefficient (Wildman–Crippen LogP) is 3.89. The molecule has 2 aromatic rings. The van der Waals surface area contributed by atoms with E-state index >= 15 is 0 Å². The molecule has 0 bridgehead atoms. The van der Waals surface area contributed by atoms with Crippen LogP contribution in [0.3, 0.4) is 0 Å². The van der Waals surface area contributed by atoms with E-state index in [1.807, 2.05) is 18.2 Å². The van der Waals surface area contributed by atoms with Crippen molar-refractivity contribution in [2.24, 2.45) is 5.73 Å². The largest absolute Gasteiger partial charge is 0.460 e. The first kappa shape index (κ1) is 27.8. The van der Waals surface area contributed by atoms with E-state index in [2.05, 4.69) is 22.3 Å². The summed E-state index contributed by atoms with van der Waals surface area (Å²) in [5.74, 6) is -2.29. The van der Waals surface area contributed by atoms with Crippen LogP contribution in [0.2, 0.25) is 0 Å². The van der Waals surface area contributed by atoms with Gasteiger partial charge in [0.2, 0.25) is 0 Å². The highest BCUT2D eigenvalue weighted by atomic mass is 16.6. The van der Waals surface area contributed by atoms with Gasteiger partial charge in [-0.3, -0.25) is 15.0 Å². The summed E-state index contributed by atoms with van der Waals surface area (Å²) in [6, 6.07) is 15.9. The summed E-state index contributed by atoms with van der Waals surface area (Å²) >= 11 is 0. The van der Waals surface area contributed by atoms with Gasteiger partial charge in [-0.15, -0.1) is 0 Å². The molecule has 39 heavy (non-hydrogen) atoms. The van der Waals surface area contributed by atoms with Crippen molar-refractivity contribution in [1.29, 1.82) is 0 Å². The molecule has 2 unspecified atom stereocenters. The number of allylic oxidation sites excluding steroid dienone is 1. The molecule has 2 aliphatic heterocycles. The Labute approximate surface area is 227 Å². The summed E-state index contributed by atoms with van der Waals surface area (Å²) in [4.78, 5) is 40.2. The van der Waals surface area contributed by atoms with Crippen LogP contribution in [0, 0.1) is 10.1 Å². The Morgan fingerprint density at radius 2 is 1.87 bits per heavy atom. The number of likely N-dealkylation sites (tertiary alicyclic amines) is 1. The molecule has 0 radical (unpaired) electrons. The van der Waals surface area contributed by atoms with Gasteiger partial charge in [0.25, 0.3) is 5.69 Å². The lowest BCUT2D eigenvalue weighted by atomic mass is 9.81. The number of nitrogens with one attached hydrogen (secondary N) is 1. The van der Waals surface area contributed by atoms with Crippen molar-refractivity contribution < 1.29 is 24.0 Å². The van der Waals surface area contributed by atoms with E-state index in [4.69, 9.17) is 15.2 Å². The summed E-state index contributed by atoms with van der Waals surface area (Å²) in [5.41, 5.74) is 8.28. The van der Waals surface area contributed by atoms with Crippen LogP contribution < -0.4 is 11.1 Å². The third-order valence-electron chi connectivity index (χ3n) is 6.78. The van der Waals surface area contributed by atoms with Gasteiger partial charge in [-0.2, -0.15) is 0 Å². The zero-order valence-corrected chi connectivity index (χ0v) is 22.4. The maximum Gasteiger partial charge on any atom is 0.338 e. The van der Waals surface area contributed by atoms with E-state index in [0.717, 1.165) is 19.5 Å². The molecule has 2 heterocycles. The minimum Gasteiger partial charge on any atom is -0.460 e. The van der Waals surface area contributed by atoms with Crippen molar-refractivity contribution in [1.82, 2.24) is 10.2 Å². The van der Waals surface area contributed by atoms with Crippen LogP contribution >= 0.6 is 0 Å². The highest BCUT2D eigenvalue weighted by Gasteiger charge is 2.40. The number of hydrogen-bond acceptors (Lipinski definition) is 9. The number of esters is 2. The van der Waals surface area contributed by atoms with Crippen molar-refractivity contribution >= 4 is 17.6 Å². The van der Waals surface area contributed by atoms with E-state index in [0.29, 0.717) is 24.2 Å². The van der Waals surface area contributed by atoms with E-state index in [1.165, 1.54) is 23.8 Å². The number of dihydropyridines is 1. The summed E-state index contributed by atoms with van der Waals surface area (Å²) in [5, 5.41) is 14.4. The molecule has 2 aromatic carbocycles. The number of nitrogens with zero attached hydrogens (tertiary/aromatic N) is 2. The van der Waals surface area contributed by atoms with E-state index in [1.54, 1.807) is 26.8 Å². The number of nitrogens with two attached hydrogens (primary N) is 1. The summed E-state index contributed by atoms with van der Waals surface area (Å²) in [6.45, 7) is 7.27. The standard InChI is InChI=1S/C29H34N4O6/c1-18(2)38-28(34)24-19(3)31-27(30)26(25(24)21-11-7-12-22(15-21)33(36)37)29(35)39-23-13-8-14-32(17-23)16-20-9-5-4-6-10-20/h4-7,9-12,15,18,23,25,31H,8,13-14,16-17,30H2,1-3H3. The van der Waals surface area contributed by atoms with Crippen LogP contribution in [0.1, 0.15) is 50.7 Å². The number of carbonyl (C=O) groups is 2. The first-order valence-corrected chi connectivity index (χ1v) is 13.0. The Morgan fingerprint density at radius 3 is 2.56 bits per heavy atom. The second kappa shape index (κ2) is 12.1. The van der Waals surface area contributed by atoms with Crippen molar-refractivity contribution in [2.45, 2.75) is 58.3 Å². The minimum atomic E-state index is -1.01. The third-order valence-corrected chi connectivity index (χ3v) is 6.78. The topological polar surface area (TPSA) is 137 Å². The van der Waals surface area contributed by atoms with Gasteiger partial charge in [0, 0.05) is 30.9 Å². The fourth-order valence-electron chi connectivity index (χ4n) is 5.09. The highest BCUT2D eigenvalue weighted by molar-refractivity contribution is 6.00. The molecule has 0 aliphatic carbocycles. The lowest BCUT2D eigenvalue weighted by molar-refractivity contribution is -0.384. The summed E-state index contributed by atoms with van der Waals surface area (Å²) < 4.78 is 11.5. The minimum absolute atomic E-state index is 0.0250. The molecular formula is C29H34N4O6. The molecule has 1 saturated heterocycles. The van der Waals surface area contributed by atoms with E-state index < -0.39 is 28.9 Å². The smallest absolute Gasteiger partial charge is 0.338 e. The second-order valence-corrected chi connectivity index (χ2v) is 10.1. The summed E-state index contributed by atoms with van der Waals surface area (Å²) in [7, 11) is 0. The molecule has 10 nitrogen and oxygen atoms in total. The van der Waals surface area contributed by atoms with Crippen molar-refractivity contribution in [3.63, 3.8) is 0 Å². The molecule has 0 amide bonds. The number of rotatable bonds is 8. The number of nitro benzene ring substituents is 1. The number of carbonyl (C=O) groups excluding carboxylic acids is 2. The maximum absolute atomic E-state index is 13.7. The first-order chi connectivity index (χ1) is 18.6. The molecule has 4 rings (SSSR count). The maximum atomic E-state index is 13.7. The molecule has 2 aliphatic rings. The monoisotopic (exact) mass is 534 g/mol. The fourth-order valence-corrected chi connectivity index (χ4v) is 5.09. The molecule has 3 N–H and O–H groups in total. The van der Waals surface area contributed by atoms with Gasteiger partial charge in [-0.05, 0) is 51.3 Å². The molecule has 0 saturated carbocycles. The Hall–Kier alpha value is -4.18. The van der Waals surface area contributed by atoms with Crippen LogP contribution in [0.5, 0.6) is 0 Å². The van der Waals surface area contributed by atoms with Gasteiger partial charge in [0.05, 0.1) is 28.1 Å². The van der Waals surface area contributed by atoms with Crippen LogP contribution in [0.15, 0.2) is 77.3 Å². The Morgan fingerprint density at radius 1 is 1.13 bits per heavy atom. The van der Waals surface area contributed by atoms with E-state index in [9.17, 15) is 19.7 Å². The molecule has 206 valence electrons. The van der Waals surface area contributed by atoms with Gasteiger partial charge in [-0.1, -0.05) is 42.5 Å². The van der Waals surface area contributed by atoms with Gasteiger partial charge in [-0.25, -0.2) is 9.59 Å². The molecule has 10 heteroatoms. The van der Waals surface area contributed by atoms with Crippen molar-refractivity contribution in [3.8, 4) is 0 Å². The van der Waals surface area contributed by atoms with Crippen molar-refractivity contribution in [2.75, 3.05) is 13.1 Å². The Bertz CT molecular complexity index is 1300. The Kier molecular flexibility index (Phi) is 8.65. The predicted molar refractivity (Wildman–Crippen MR) is 145 cm³/mol. The number of benzene rings is 2. The average Bonchev–Trinajstić information content (AvgIpc) is 2.88. The molecule has 1 fully saturated rings. The number of non-ortho nitro benzene ring substituents is 1. The fraction of sp³-hybridized carbons (Fsp3) is 0.379. The molecule has 0 spiro atoms. The van der Waals surface area contributed by atoms with Gasteiger partial charge < -0.3 is 20.5 Å². The van der Waals surface area contributed by atoms with E-state index in [-0.39, 0.29) is 28.8 Å². The lowest BCUT2D eigenvalue weighted by Crippen LogP contribution is -2.42. The average molecular weight is 535 g/mol. The van der Waals surface area contributed by atoms with Crippen LogP contribution in [0.4, 0.5) is 5.69 Å². The normalized spacial score (nSPS) is 20.0. The van der Waals surface area contributed by atoms with Crippen LogP contribution in [-0.2, 0) is 25.6 Å². The zero-order chi connectivity index (χ0) is 28.1.